The minimum absolute atomic E-state index is 0.0711. The number of hydrogen-bond acceptors (Lipinski definition) is 3. The van der Waals surface area contributed by atoms with Crippen molar-refractivity contribution in [1.29, 1.82) is 0 Å². The van der Waals surface area contributed by atoms with Gasteiger partial charge in [-0.15, -0.1) is 0 Å². The van der Waals surface area contributed by atoms with Crippen molar-refractivity contribution in [2.45, 2.75) is 65.5 Å². The minimum atomic E-state index is -0.554. The number of anilines is 1. The monoisotopic (exact) mass is 408 g/mol. The molecule has 4 nitrogen and oxygen atoms in total. The molecule has 1 saturated heterocycles. The average Bonchev–Trinajstić information content (AvgIpc) is 2.74. The smallest absolute Gasteiger partial charge is 0.261 e. The summed E-state index contributed by atoms with van der Waals surface area (Å²) in [6.45, 7) is 12.7. The second-order valence-corrected chi connectivity index (χ2v) is 8.97. The number of nitrogens with zero attached hydrogens (tertiary/aromatic N) is 1. The molecule has 0 radical (unpaired) electrons. The Bertz CT molecular complexity index is 831. The molecule has 0 aromatic heterocycles. The fraction of sp³-hybridized carbons (Fsp3) is 0.500. The molecule has 1 aliphatic heterocycles. The van der Waals surface area contributed by atoms with Crippen LogP contribution in [0.4, 0.5) is 5.69 Å². The highest BCUT2D eigenvalue weighted by atomic mass is 16.5. The van der Waals surface area contributed by atoms with Crippen LogP contribution in [0.2, 0.25) is 0 Å². The van der Waals surface area contributed by atoms with Gasteiger partial charge in [-0.25, -0.2) is 0 Å². The number of carbonyl (C=O) groups is 1. The molecule has 1 aliphatic rings. The number of rotatable bonds is 7. The fourth-order valence-electron chi connectivity index (χ4n) is 4.12. The van der Waals surface area contributed by atoms with Gasteiger partial charge in [-0.1, -0.05) is 51.1 Å². The number of piperidine rings is 1. The maximum Gasteiger partial charge on any atom is 0.261 e. The summed E-state index contributed by atoms with van der Waals surface area (Å²) < 4.78 is 6.00. The van der Waals surface area contributed by atoms with Crippen molar-refractivity contribution < 1.29 is 9.53 Å². The topological polar surface area (TPSA) is 41.6 Å². The summed E-state index contributed by atoms with van der Waals surface area (Å²) in [4.78, 5) is 15.2. The number of nitrogens with one attached hydrogen (secondary N) is 1. The van der Waals surface area contributed by atoms with Crippen LogP contribution in [0.5, 0.6) is 5.75 Å². The van der Waals surface area contributed by atoms with Crippen molar-refractivity contribution in [2.75, 3.05) is 18.0 Å². The predicted molar refractivity (Wildman–Crippen MR) is 124 cm³/mol. The highest BCUT2D eigenvalue weighted by molar-refractivity contribution is 5.81. The summed E-state index contributed by atoms with van der Waals surface area (Å²) in [5.74, 6) is 1.77. The van der Waals surface area contributed by atoms with Gasteiger partial charge < -0.3 is 15.0 Å². The van der Waals surface area contributed by atoms with Gasteiger partial charge in [-0.05, 0) is 67.9 Å². The van der Waals surface area contributed by atoms with E-state index in [1.54, 1.807) is 6.92 Å². The largest absolute Gasteiger partial charge is 0.481 e. The highest BCUT2D eigenvalue weighted by Crippen LogP contribution is 2.27. The molecule has 1 heterocycles. The van der Waals surface area contributed by atoms with E-state index < -0.39 is 6.10 Å². The molecule has 2 aromatic rings. The van der Waals surface area contributed by atoms with E-state index in [1.165, 1.54) is 18.5 Å². The average molecular weight is 409 g/mol. The standard InChI is InChI=1S/C26H36N2O2/c1-18(2)24-10-6-7-11-25(24)30-21(5)26(29)27-20(4)22-12-14-23(15-13-22)28-16-8-9-19(3)17-28/h6-7,10-15,18-21H,8-9,16-17H2,1-5H3,(H,27,29)/t19-,20+,21+/m1/s1. The van der Waals surface area contributed by atoms with E-state index >= 15 is 0 Å². The third-order valence-electron chi connectivity index (χ3n) is 5.99. The Kier molecular flexibility index (Phi) is 7.41. The summed E-state index contributed by atoms with van der Waals surface area (Å²) in [5, 5.41) is 3.09. The van der Waals surface area contributed by atoms with Crippen LogP contribution in [0.1, 0.15) is 70.5 Å². The van der Waals surface area contributed by atoms with E-state index in [2.05, 4.69) is 61.3 Å². The van der Waals surface area contributed by atoms with E-state index in [1.807, 2.05) is 25.1 Å². The van der Waals surface area contributed by atoms with Gasteiger partial charge in [0.05, 0.1) is 6.04 Å². The molecule has 1 N–H and O–H groups in total. The van der Waals surface area contributed by atoms with Crippen LogP contribution in [0.25, 0.3) is 0 Å². The molecule has 3 atom stereocenters. The van der Waals surface area contributed by atoms with Gasteiger partial charge in [0.15, 0.2) is 6.10 Å². The molecule has 0 unspecified atom stereocenters. The van der Waals surface area contributed by atoms with Gasteiger partial charge in [-0.2, -0.15) is 0 Å². The lowest BCUT2D eigenvalue weighted by Crippen LogP contribution is -2.38. The lowest BCUT2D eigenvalue weighted by Gasteiger charge is -2.33. The van der Waals surface area contributed by atoms with Crippen LogP contribution >= 0.6 is 0 Å². The minimum Gasteiger partial charge on any atom is -0.481 e. The molecule has 1 fully saturated rings. The second-order valence-electron chi connectivity index (χ2n) is 8.97. The molecule has 0 spiro atoms. The first-order valence-electron chi connectivity index (χ1n) is 11.3. The normalized spacial score (nSPS) is 18.7. The van der Waals surface area contributed by atoms with Crippen molar-refractivity contribution in [3.05, 3.63) is 59.7 Å². The summed E-state index contributed by atoms with van der Waals surface area (Å²) in [5.41, 5.74) is 3.49. The molecule has 3 rings (SSSR count). The maximum atomic E-state index is 12.7. The fourth-order valence-corrected chi connectivity index (χ4v) is 4.12. The van der Waals surface area contributed by atoms with E-state index in [9.17, 15) is 4.79 Å². The van der Waals surface area contributed by atoms with Gasteiger partial charge in [0.1, 0.15) is 5.75 Å². The van der Waals surface area contributed by atoms with Crippen molar-refractivity contribution in [3.63, 3.8) is 0 Å². The Morgan fingerprint density at radius 2 is 1.77 bits per heavy atom. The van der Waals surface area contributed by atoms with Crippen LogP contribution in [-0.2, 0) is 4.79 Å². The van der Waals surface area contributed by atoms with Gasteiger partial charge in [0.2, 0.25) is 0 Å². The zero-order valence-electron chi connectivity index (χ0n) is 19.0. The molecule has 2 aromatic carbocycles. The number of benzene rings is 2. The molecular weight excluding hydrogens is 372 g/mol. The second kappa shape index (κ2) is 10.0. The van der Waals surface area contributed by atoms with E-state index in [-0.39, 0.29) is 11.9 Å². The van der Waals surface area contributed by atoms with E-state index in [4.69, 9.17) is 4.74 Å². The van der Waals surface area contributed by atoms with Crippen LogP contribution in [-0.4, -0.2) is 25.1 Å². The van der Waals surface area contributed by atoms with Crippen molar-refractivity contribution in [1.82, 2.24) is 5.32 Å². The third-order valence-corrected chi connectivity index (χ3v) is 5.99. The number of para-hydroxylation sites is 1. The summed E-state index contributed by atoms with van der Waals surface area (Å²) in [7, 11) is 0. The predicted octanol–water partition coefficient (Wildman–Crippen LogP) is 5.69. The molecule has 30 heavy (non-hydrogen) atoms. The van der Waals surface area contributed by atoms with E-state index in [0.717, 1.165) is 35.9 Å². The van der Waals surface area contributed by atoms with Gasteiger partial charge in [-0.3, -0.25) is 4.79 Å². The van der Waals surface area contributed by atoms with Crippen LogP contribution < -0.4 is 15.0 Å². The van der Waals surface area contributed by atoms with Crippen LogP contribution in [0, 0.1) is 5.92 Å². The van der Waals surface area contributed by atoms with Gasteiger partial charge in [0, 0.05) is 18.8 Å². The first-order chi connectivity index (χ1) is 14.3. The molecule has 4 heteroatoms. The zero-order valence-corrected chi connectivity index (χ0v) is 19.0. The Balaban J connectivity index is 1.58. The Labute approximate surface area is 181 Å². The quantitative estimate of drug-likeness (QED) is 0.640. The lowest BCUT2D eigenvalue weighted by molar-refractivity contribution is -0.127. The zero-order chi connectivity index (χ0) is 21.7. The molecular formula is C26H36N2O2. The first-order valence-corrected chi connectivity index (χ1v) is 11.3. The van der Waals surface area contributed by atoms with Crippen LogP contribution in [0.15, 0.2) is 48.5 Å². The number of carbonyl (C=O) groups excluding carboxylic acids is 1. The van der Waals surface area contributed by atoms with Crippen molar-refractivity contribution in [3.8, 4) is 5.75 Å². The summed E-state index contributed by atoms with van der Waals surface area (Å²) in [6, 6.07) is 16.5. The number of ether oxygens (including phenoxy) is 1. The maximum absolute atomic E-state index is 12.7. The Hall–Kier alpha value is -2.49. The molecule has 0 bridgehead atoms. The van der Waals surface area contributed by atoms with Crippen molar-refractivity contribution >= 4 is 11.6 Å². The van der Waals surface area contributed by atoms with E-state index in [0.29, 0.717) is 5.92 Å². The Morgan fingerprint density at radius 1 is 1.07 bits per heavy atom. The third kappa shape index (κ3) is 5.56. The molecule has 0 saturated carbocycles. The first kappa shape index (κ1) is 22.2. The van der Waals surface area contributed by atoms with Gasteiger partial charge in [0.25, 0.3) is 5.91 Å². The summed E-state index contributed by atoms with van der Waals surface area (Å²) >= 11 is 0. The highest BCUT2D eigenvalue weighted by Gasteiger charge is 2.20. The molecule has 1 amide bonds. The van der Waals surface area contributed by atoms with Crippen LogP contribution in [0.3, 0.4) is 0 Å². The number of amides is 1. The molecule has 0 aliphatic carbocycles. The van der Waals surface area contributed by atoms with Crippen molar-refractivity contribution in [2.24, 2.45) is 5.92 Å². The Morgan fingerprint density at radius 3 is 2.43 bits per heavy atom. The van der Waals surface area contributed by atoms with Gasteiger partial charge >= 0.3 is 0 Å². The summed E-state index contributed by atoms with van der Waals surface area (Å²) in [6.07, 6.45) is 2.02. The molecule has 162 valence electrons. The SMILES string of the molecule is CC(C)c1ccccc1O[C@@H](C)C(=O)N[C@@H](C)c1ccc(N2CCC[C@@H](C)C2)cc1. The lowest BCUT2D eigenvalue weighted by atomic mass is 9.99. The number of hydrogen-bond donors (Lipinski definition) is 1.